The lowest BCUT2D eigenvalue weighted by Crippen LogP contribution is -2.28. The van der Waals surface area contributed by atoms with Crippen LogP contribution in [-0.2, 0) is 0 Å². The Kier molecular flexibility index (Phi) is 6.57. The molecule has 0 unspecified atom stereocenters. The number of carbonyl (C=O) groups is 1. The molecule has 0 aliphatic heterocycles. The molecule has 3 rings (SSSR count). The number of pyridine rings is 1. The number of benzene rings is 2. The van der Waals surface area contributed by atoms with E-state index in [9.17, 15) is 23.5 Å². The maximum atomic E-state index is 13.3. The number of hydrogen-bond acceptors (Lipinski definition) is 4. The minimum Gasteiger partial charge on any atom is -0.508 e. The maximum absolute atomic E-state index is 13.3. The summed E-state index contributed by atoms with van der Waals surface area (Å²) in [5.74, 6) is -1.08. The maximum Gasteiger partial charge on any atom is 0.264 e. The molecule has 5 N–H and O–H groups in total. The minimum absolute atomic E-state index is 0. The number of aryl methyl sites for hydroxylation is 1. The van der Waals surface area contributed by atoms with E-state index in [0.29, 0.717) is 22.4 Å². The average molecular weight is 433 g/mol. The lowest BCUT2D eigenvalue weighted by molar-refractivity contribution is 0.100. The fourth-order valence-corrected chi connectivity index (χ4v) is 3.23. The van der Waals surface area contributed by atoms with Crippen LogP contribution in [0.25, 0.3) is 16.8 Å². The standard InChI is InChI=1S/C21H19F2N3O3.H2S/c1-10-3-8-16(27)11(2)17(10)26-19(24)15(20(25)28)9-14(21(26)29)12-4-6-13(7-5-12)18(22)23;/h3-9,18,27H,24H2,1-2H3,(H2,25,28);1H2. The van der Waals surface area contributed by atoms with Gasteiger partial charge in [0.1, 0.15) is 11.6 Å². The van der Waals surface area contributed by atoms with E-state index in [1.165, 1.54) is 36.4 Å². The number of hydrogen-bond donors (Lipinski definition) is 3. The molecule has 2 aromatic carbocycles. The van der Waals surface area contributed by atoms with Gasteiger partial charge in [-0.15, -0.1) is 0 Å². The third-order valence-corrected chi connectivity index (χ3v) is 4.81. The van der Waals surface area contributed by atoms with Crippen LogP contribution in [0.5, 0.6) is 5.75 Å². The van der Waals surface area contributed by atoms with Gasteiger partial charge in [-0.2, -0.15) is 13.5 Å². The highest BCUT2D eigenvalue weighted by Crippen LogP contribution is 2.30. The first-order valence-corrected chi connectivity index (χ1v) is 8.66. The first-order valence-electron chi connectivity index (χ1n) is 8.66. The van der Waals surface area contributed by atoms with Crippen molar-refractivity contribution in [1.29, 1.82) is 0 Å². The predicted molar refractivity (Wildman–Crippen MR) is 117 cm³/mol. The first kappa shape index (κ1) is 23.0. The number of carbonyl (C=O) groups excluding carboxylic acids is 1. The second-order valence-corrected chi connectivity index (χ2v) is 6.66. The van der Waals surface area contributed by atoms with Gasteiger partial charge < -0.3 is 16.6 Å². The number of halogens is 2. The van der Waals surface area contributed by atoms with Crippen molar-refractivity contribution in [3.8, 4) is 22.6 Å². The van der Waals surface area contributed by atoms with Gasteiger partial charge in [-0.25, -0.2) is 8.78 Å². The summed E-state index contributed by atoms with van der Waals surface area (Å²) in [5.41, 5.74) is 12.4. The summed E-state index contributed by atoms with van der Waals surface area (Å²) in [7, 11) is 0. The molecule has 1 amide bonds. The van der Waals surface area contributed by atoms with Crippen molar-refractivity contribution in [1.82, 2.24) is 4.57 Å². The number of phenolic OH excluding ortho intramolecular Hbond substituents is 1. The van der Waals surface area contributed by atoms with Crippen LogP contribution in [-0.4, -0.2) is 15.6 Å². The molecule has 1 aromatic heterocycles. The van der Waals surface area contributed by atoms with Crippen molar-refractivity contribution in [3.63, 3.8) is 0 Å². The number of primary amides is 1. The minimum atomic E-state index is -2.65. The lowest BCUT2D eigenvalue weighted by atomic mass is 10.0. The predicted octanol–water partition coefficient (Wildman–Crippen LogP) is 3.56. The number of alkyl halides is 2. The zero-order valence-electron chi connectivity index (χ0n) is 16.2. The second-order valence-electron chi connectivity index (χ2n) is 6.66. The number of amides is 1. The Morgan fingerprint density at radius 1 is 1.10 bits per heavy atom. The molecule has 0 aliphatic rings. The zero-order chi connectivity index (χ0) is 21.5. The first-order chi connectivity index (χ1) is 13.6. The number of nitrogen functional groups attached to an aromatic ring is 1. The molecule has 158 valence electrons. The van der Waals surface area contributed by atoms with Gasteiger partial charge >= 0.3 is 0 Å². The largest absolute Gasteiger partial charge is 0.508 e. The Morgan fingerprint density at radius 3 is 2.23 bits per heavy atom. The van der Waals surface area contributed by atoms with E-state index in [0.717, 1.165) is 4.57 Å². The quantitative estimate of drug-likeness (QED) is 0.584. The van der Waals surface area contributed by atoms with Gasteiger partial charge in [0.25, 0.3) is 17.9 Å². The summed E-state index contributed by atoms with van der Waals surface area (Å²) in [6.45, 7) is 3.33. The van der Waals surface area contributed by atoms with Crippen LogP contribution in [0.4, 0.5) is 14.6 Å². The Balaban J connectivity index is 0.00000320. The molecule has 3 aromatic rings. The summed E-state index contributed by atoms with van der Waals surface area (Å²) in [5, 5.41) is 10.1. The van der Waals surface area contributed by atoms with Gasteiger partial charge in [-0.1, -0.05) is 30.3 Å². The molecule has 0 aliphatic carbocycles. The molecule has 6 nitrogen and oxygen atoms in total. The monoisotopic (exact) mass is 433 g/mol. The van der Waals surface area contributed by atoms with Gasteiger partial charge in [0, 0.05) is 16.7 Å². The summed E-state index contributed by atoms with van der Waals surface area (Å²) < 4.78 is 26.8. The van der Waals surface area contributed by atoms with E-state index in [-0.39, 0.29) is 41.8 Å². The summed E-state index contributed by atoms with van der Waals surface area (Å²) in [6.07, 6.45) is -2.65. The Labute approximate surface area is 178 Å². The Bertz CT molecular complexity index is 1180. The molecule has 1 heterocycles. The van der Waals surface area contributed by atoms with Crippen LogP contribution >= 0.6 is 13.5 Å². The van der Waals surface area contributed by atoms with Gasteiger partial charge in [0.2, 0.25) is 0 Å². The molecule has 0 spiro atoms. The van der Waals surface area contributed by atoms with Crippen LogP contribution in [0.3, 0.4) is 0 Å². The van der Waals surface area contributed by atoms with Crippen molar-refractivity contribution in [2.45, 2.75) is 20.3 Å². The molecule has 0 bridgehead atoms. The Hall–Kier alpha value is -3.33. The normalized spacial score (nSPS) is 10.7. The fraction of sp³-hybridized carbons (Fsp3) is 0.143. The molecule has 9 heteroatoms. The number of nitrogens with two attached hydrogens (primary N) is 2. The van der Waals surface area contributed by atoms with Crippen molar-refractivity contribution >= 4 is 25.2 Å². The van der Waals surface area contributed by atoms with E-state index >= 15 is 0 Å². The van der Waals surface area contributed by atoms with Crippen LogP contribution < -0.4 is 17.0 Å². The highest BCUT2D eigenvalue weighted by molar-refractivity contribution is 7.59. The molecule has 0 atom stereocenters. The van der Waals surface area contributed by atoms with Crippen molar-refractivity contribution in [3.05, 3.63) is 75.1 Å². The van der Waals surface area contributed by atoms with Crippen LogP contribution in [0.1, 0.15) is 33.5 Å². The SMILES string of the molecule is Cc1ccc(O)c(C)c1-n1c(N)c(C(N)=O)cc(-c2ccc(C(F)F)cc2)c1=O.S. The van der Waals surface area contributed by atoms with Gasteiger partial charge in [-0.05, 0) is 37.1 Å². The summed E-state index contributed by atoms with van der Waals surface area (Å²) in [4.78, 5) is 25.3. The van der Waals surface area contributed by atoms with E-state index in [1.807, 2.05) is 0 Å². The Morgan fingerprint density at radius 2 is 1.70 bits per heavy atom. The lowest BCUT2D eigenvalue weighted by Gasteiger charge is -2.19. The fourth-order valence-electron chi connectivity index (χ4n) is 3.23. The van der Waals surface area contributed by atoms with E-state index in [4.69, 9.17) is 11.5 Å². The summed E-state index contributed by atoms with van der Waals surface area (Å²) in [6, 6.07) is 9.48. The number of phenols is 1. The van der Waals surface area contributed by atoms with Crippen molar-refractivity contribution < 1.29 is 18.7 Å². The number of nitrogens with zero attached hydrogens (tertiary/aromatic N) is 1. The highest BCUT2D eigenvalue weighted by atomic mass is 32.1. The highest BCUT2D eigenvalue weighted by Gasteiger charge is 2.21. The van der Waals surface area contributed by atoms with Gasteiger partial charge in [0.15, 0.2) is 0 Å². The van der Waals surface area contributed by atoms with E-state index in [2.05, 4.69) is 0 Å². The summed E-state index contributed by atoms with van der Waals surface area (Å²) >= 11 is 0. The van der Waals surface area contributed by atoms with E-state index < -0.39 is 17.9 Å². The number of rotatable bonds is 4. The smallest absolute Gasteiger partial charge is 0.264 e. The van der Waals surface area contributed by atoms with Crippen LogP contribution in [0.15, 0.2) is 47.3 Å². The average Bonchev–Trinajstić information content (AvgIpc) is 2.67. The molecular weight excluding hydrogens is 412 g/mol. The van der Waals surface area contributed by atoms with Crippen LogP contribution in [0, 0.1) is 13.8 Å². The zero-order valence-corrected chi connectivity index (χ0v) is 17.2. The topological polar surface area (TPSA) is 111 Å². The van der Waals surface area contributed by atoms with E-state index in [1.54, 1.807) is 19.9 Å². The molecule has 0 saturated heterocycles. The molecule has 0 saturated carbocycles. The van der Waals surface area contributed by atoms with Crippen molar-refractivity contribution in [2.75, 3.05) is 5.73 Å². The number of anilines is 1. The van der Waals surface area contributed by atoms with Gasteiger partial charge in [-0.3, -0.25) is 14.2 Å². The van der Waals surface area contributed by atoms with Gasteiger partial charge in [0.05, 0.1) is 11.3 Å². The molecular formula is C21H21F2N3O3S. The molecule has 0 fully saturated rings. The van der Waals surface area contributed by atoms with Crippen LogP contribution in [0.2, 0.25) is 0 Å². The third-order valence-electron chi connectivity index (χ3n) is 4.81. The van der Waals surface area contributed by atoms with Crippen molar-refractivity contribution in [2.24, 2.45) is 5.73 Å². The second kappa shape index (κ2) is 8.58. The molecule has 30 heavy (non-hydrogen) atoms. The third kappa shape index (κ3) is 3.88. The number of aromatic hydroxyl groups is 1. The molecule has 0 radical (unpaired) electrons. The number of aromatic nitrogens is 1.